The molecule has 0 spiro atoms. The van der Waals surface area contributed by atoms with Gasteiger partial charge in [0.15, 0.2) is 5.78 Å². The van der Waals surface area contributed by atoms with Gasteiger partial charge < -0.3 is 9.47 Å². The highest BCUT2D eigenvalue weighted by Gasteiger charge is 2.24. The van der Waals surface area contributed by atoms with Gasteiger partial charge in [0, 0.05) is 12.0 Å². The zero-order chi connectivity index (χ0) is 14.7. The van der Waals surface area contributed by atoms with E-state index in [9.17, 15) is 9.59 Å². The monoisotopic (exact) mass is 272 g/mol. The van der Waals surface area contributed by atoms with Gasteiger partial charge in [0.25, 0.3) is 0 Å². The van der Waals surface area contributed by atoms with Crippen molar-refractivity contribution < 1.29 is 19.1 Å². The maximum Gasteiger partial charge on any atom is 0.337 e. The van der Waals surface area contributed by atoms with E-state index in [1.165, 1.54) is 14.0 Å². The highest BCUT2D eigenvalue weighted by atomic mass is 16.5. The smallest absolute Gasteiger partial charge is 0.337 e. The van der Waals surface area contributed by atoms with E-state index in [2.05, 4.69) is 0 Å². The van der Waals surface area contributed by atoms with Crippen LogP contribution >= 0.6 is 0 Å². The van der Waals surface area contributed by atoms with E-state index in [0.717, 1.165) is 5.56 Å². The molecule has 0 fully saturated rings. The van der Waals surface area contributed by atoms with Crippen LogP contribution in [0.5, 0.6) is 0 Å². The average Bonchev–Trinajstić information content (AvgIpc) is 2.79. The molecule has 2 rings (SSSR count). The Morgan fingerprint density at radius 1 is 1.25 bits per heavy atom. The number of Topliss-reactive ketones (excluding diaryl/α,β-unsaturated/α-hetero) is 1. The second-order valence-corrected chi connectivity index (χ2v) is 4.59. The highest BCUT2D eigenvalue weighted by molar-refractivity contribution is 5.94. The van der Waals surface area contributed by atoms with Crippen molar-refractivity contribution in [2.75, 3.05) is 7.11 Å². The van der Waals surface area contributed by atoms with Gasteiger partial charge in [-0.05, 0) is 25.5 Å². The second-order valence-electron chi connectivity index (χ2n) is 4.59. The molecule has 1 aromatic rings. The van der Waals surface area contributed by atoms with Crippen molar-refractivity contribution in [3.63, 3.8) is 0 Å². The molecule has 0 atom stereocenters. The van der Waals surface area contributed by atoms with Gasteiger partial charge in [-0.1, -0.05) is 24.3 Å². The Balaban J connectivity index is 2.14. The van der Waals surface area contributed by atoms with Crippen molar-refractivity contribution in [3.05, 3.63) is 52.5 Å². The summed E-state index contributed by atoms with van der Waals surface area (Å²) >= 11 is 0. The van der Waals surface area contributed by atoms with Gasteiger partial charge in [-0.25, -0.2) is 4.79 Å². The zero-order valence-electron chi connectivity index (χ0n) is 11.7. The summed E-state index contributed by atoms with van der Waals surface area (Å²) in [5.74, 6) is 0.937. The van der Waals surface area contributed by atoms with Crippen LogP contribution in [0.3, 0.4) is 0 Å². The number of ketones is 1. The van der Waals surface area contributed by atoms with Crippen LogP contribution in [-0.2, 0) is 14.3 Å². The lowest BCUT2D eigenvalue weighted by Crippen LogP contribution is -2.03. The first kappa shape index (κ1) is 14.1. The molecule has 4 heteroatoms. The first-order valence-electron chi connectivity index (χ1n) is 6.28. The Morgan fingerprint density at radius 2 is 1.90 bits per heavy atom. The molecule has 104 valence electrons. The van der Waals surface area contributed by atoms with Crippen LogP contribution in [-0.4, -0.2) is 18.9 Å². The summed E-state index contributed by atoms with van der Waals surface area (Å²) < 4.78 is 10.3. The van der Waals surface area contributed by atoms with E-state index < -0.39 is 0 Å². The molecule has 4 nitrogen and oxygen atoms in total. The molecule has 1 heterocycles. The first-order chi connectivity index (χ1) is 9.51. The lowest BCUT2D eigenvalue weighted by molar-refractivity contribution is -0.136. The average molecular weight is 272 g/mol. The number of ether oxygens (including phenoxy) is 2. The van der Waals surface area contributed by atoms with Gasteiger partial charge in [0.1, 0.15) is 11.5 Å². The summed E-state index contributed by atoms with van der Waals surface area (Å²) in [5.41, 5.74) is 2.13. The second kappa shape index (κ2) is 5.74. The summed E-state index contributed by atoms with van der Waals surface area (Å²) in [5, 5.41) is 0. The molecule has 1 aliphatic rings. The largest absolute Gasteiger partial charge is 0.466 e. The standard InChI is InChI=1S/C16H16O4/c1-10(17)13-6-4-12(5-7-13)8-14-9-15(11(2)20-14)16(18)19-3/h4-8H,9H2,1-3H3/b14-8+. The van der Waals surface area contributed by atoms with Gasteiger partial charge in [-0.15, -0.1) is 0 Å². The number of hydrogen-bond donors (Lipinski definition) is 0. The maximum absolute atomic E-state index is 11.5. The predicted molar refractivity (Wildman–Crippen MR) is 74.8 cm³/mol. The predicted octanol–water partition coefficient (Wildman–Crippen LogP) is 3.10. The Kier molecular flexibility index (Phi) is 4.03. The zero-order valence-corrected chi connectivity index (χ0v) is 11.7. The SMILES string of the molecule is COC(=O)C1=C(C)O/C(=C/c2ccc(C(C)=O)cc2)C1. The summed E-state index contributed by atoms with van der Waals surface area (Å²) in [6.45, 7) is 3.27. The molecule has 0 aromatic heterocycles. The third-order valence-electron chi connectivity index (χ3n) is 3.14. The van der Waals surface area contributed by atoms with E-state index in [-0.39, 0.29) is 11.8 Å². The van der Waals surface area contributed by atoms with Crippen LogP contribution < -0.4 is 0 Å². The summed E-state index contributed by atoms with van der Waals surface area (Å²) in [6.07, 6.45) is 2.27. The molecular formula is C16H16O4. The van der Waals surface area contributed by atoms with E-state index in [0.29, 0.717) is 29.1 Å². The quantitative estimate of drug-likeness (QED) is 0.626. The van der Waals surface area contributed by atoms with Crippen LogP contribution in [0.4, 0.5) is 0 Å². The fourth-order valence-corrected chi connectivity index (χ4v) is 2.01. The topological polar surface area (TPSA) is 52.6 Å². The van der Waals surface area contributed by atoms with Crippen LogP contribution in [0.25, 0.3) is 6.08 Å². The number of benzene rings is 1. The molecule has 0 aliphatic carbocycles. The van der Waals surface area contributed by atoms with Crippen molar-refractivity contribution in [1.82, 2.24) is 0 Å². The number of allylic oxidation sites excluding steroid dienone is 2. The van der Waals surface area contributed by atoms with Gasteiger partial charge in [-0.2, -0.15) is 0 Å². The molecule has 0 saturated carbocycles. The molecule has 20 heavy (non-hydrogen) atoms. The fourth-order valence-electron chi connectivity index (χ4n) is 2.01. The normalized spacial score (nSPS) is 16.2. The summed E-state index contributed by atoms with van der Waals surface area (Å²) in [7, 11) is 1.35. The van der Waals surface area contributed by atoms with Gasteiger partial charge >= 0.3 is 5.97 Å². The fraction of sp³-hybridized carbons (Fsp3) is 0.250. The molecule has 0 unspecified atom stereocenters. The number of methoxy groups -OCH3 is 1. The molecular weight excluding hydrogens is 256 g/mol. The Labute approximate surface area is 117 Å². The minimum atomic E-state index is -0.363. The summed E-state index contributed by atoms with van der Waals surface area (Å²) in [4.78, 5) is 22.7. The molecule has 0 amide bonds. The summed E-state index contributed by atoms with van der Waals surface area (Å²) in [6, 6.07) is 7.23. The first-order valence-corrected chi connectivity index (χ1v) is 6.28. The minimum absolute atomic E-state index is 0.0341. The Morgan fingerprint density at radius 3 is 2.45 bits per heavy atom. The molecule has 1 aliphatic heterocycles. The minimum Gasteiger partial charge on any atom is -0.466 e. The lowest BCUT2D eigenvalue weighted by atomic mass is 10.1. The van der Waals surface area contributed by atoms with Crippen LogP contribution in [0.2, 0.25) is 0 Å². The van der Waals surface area contributed by atoms with Crippen LogP contribution in [0, 0.1) is 0 Å². The van der Waals surface area contributed by atoms with Gasteiger partial charge in [0.05, 0.1) is 12.7 Å². The van der Waals surface area contributed by atoms with Crippen molar-refractivity contribution >= 4 is 17.8 Å². The van der Waals surface area contributed by atoms with E-state index in [1.807, 2.05) is 18.2 Å². The number of esters is 1. The maximum atomic E-state index is 11.5. The third-order valence-corrected chi connectivity index (χ3v) is 3.14. The molecule has 0 saturated heterocycles. The van der Waals surface area contributed by atoms with E-state index >= 15 is 0 Å². The van der Waals surface area contributed by atoms with Gasteiger partial charge in [0.2, 0.25) is 0 Å². The Hall–Kier alpha value is -2.36. The molecule has 1 aromatic carbocycles. The number of carbonyl (C=O) groups excluding carboxylic acids is 2. The number of carbonyl (C=O) groups is 2. The Bertz CT molecular complexity index is 606. The molecule has 0 N–H and O–H groups in total. The van der Waals surface area contributed by atoms with E-state index in [1.54, 1.807) is 19.1 Å². The van der Waals surface area contributed by atoms with Crippen molar-refractivity contribution in [2.24, 2.45) is 0 Å². The lowest BCUT2D eigenvalue weighted by Gasteiger charge is -2.01. The number of hydrogen-bond acceptors (Lipinski definition) is 4. The van der Waals surface area contributed by atoms with E-state index in [4.69, 9.17) is 9.47 Å². The van der Waals surface area contributed by atoms with Crippen LogP contribution in [0.15, 0.2) is 41.4 Å². The molecule has 0 radical (unpaired) electrons. The van der Waals surface area contributed by atoms with Crippen LogP contribution in [0.1, 0.15) is 36.2 Å². The van der Waals surface area contributed by atoms with Crippen molar-refractivity contribution in [2.45, 2.75) is 20.3 Å². The van der Waals surface area contributed by atoms with Crippen molar-refractivity contribution in [1.29, 1.82) is 0 Å². The van der Waals surface area contributed by atoms with Gasteiger partial charge in [-0.3, -0.25) is 4.79 Å². The highest BCUT2D eigenvalue weighted by Crippen LogP contribution is 2.29. The molecule has 0 bridgehead atoms. The third kappa shape index (κ3) is 2.96. The number of rotatable bonds is 3. The van der Waals surface area contributed by atoms with Crippen molar-refractivity contribution in [3.8, 4) is 0 Å².